The monoisotopic (exact) mass is 347 g/mol. The highest BCUT2D eigenvalue weighted by molar-refractivity contribution is 5.62. The highest BCUT2D eigenvalue weighted by Crippen LogP contribution is 2.32. The molecular weight excluding hydrogens is 331 g/mol. The van der Waals surface area contributed by atoms with Gasteiger partial charge in [0.25, 0.3) is 0 Å². The lowest BCUT2D eigenvalue weighted by atomic mass is 10.1. The summed E-state index contributed by atoms with van der Waals surface area (Å²) in [4.78, 5) is 12.4. The van der Waals surface area contributed by atoms with Crippen LogP contribution < -0.4 is 0 Å². The number of hydrogen-bond donors (Lipinski definition) is 0. The van der Waals surface area contributed by atoms with E-state index in [-0.39, 0.29) is 0 Å². The van der Waals surface area contributed by atoms with Crippen molar-refractivity contribution in [3.63, 3.8) is 0 Å². The second-order valence-corrected chi connectivity index (χ2v) is 5.57. The van der Waals surface area contributed by atoms with Gasteiger partial charge in [0.1, 0.15) is 11.5 Å². The Kier molecular flexibility index (Phi) is 4.83. The van der Waals surface area contributed by atoms with Gasteiger partial charge in [-0.1, -0.05) is 13.3 Å². The molecule has 130 valence electrons. The number of aromatic nitrogens is 3. The molecule has 4 nitrogen and oxygen atoms in total. The van der Waals surface area contributed by atoms with Crippen LogP contribution in [0, 0.1) is 0 Å². The quantitative estimate of drug-likeness (QED) is 0.640. The first-order chi connectivity index (χ1) is 12.0. The molecule has 3 heterocycles. The Morgan fingerprint density at radius 3 is 2.56 bits per heavy atom. The van der Waals surface area contributed by atoms with E-state index in [1.165, 1.54) is 6.07 Å². The average Bonchev–Trinajstić information content (AvgIpc) is 3.04. The van der Waals surface area contributed by atoms with E-state index < -0.39 is 11.7 Å². The van der Waals surface area contributed by atoms with Crippen LogP contribution in [-0.2, 0) is 12.6 Å². The third-order valence-corrected chi connectivity index (χ3v) is 3.70. The lowest BCUT2D eigenvalue weighted by Gasteiger charge is -2.06. The van der Waals surface area contributed by atoms with E-state index in [0.717, 1.165) is 25.1 Å². The van der Waals surface area contributed by atoms with E-state index in [1.54, 1.807) is 18.5 Å². The predicted molar refractivity (Wildman–Crippen MR) is 86.6 cm³/mol. The Morgan fingerprint density at radius 2 is 1.96 bits per heavy atom. The van der Waals surface area contributed by atoms with Crippen LogP contribution in [0.1, 0.15) is 31.1 Å². The summed E-state index contributed by atoms with van der Waals surface area (Å²) in [5.41, 5.74) is 0.750. The van der Waals surface area contributed by atoms with Gasteiger partial charge in [0.05, 0.1) is 16.8 Å². The van der Waals surface area contributed by atoms with Gasteiger partial charge in [0.15, 0.2) is 0 Å². The van der Waals surface area contributed by atoms with Gasteiger partial charge in [0, 0.05) is 25.0 Å². The zero-order chi connectivity index (χ0) is 17.9. The summed E-state index contributed by atoms with van der Waals surface area (Å²) in [6.45, 7) is 2.05. The first-order valence-electron chi connectivity index (χ1n) is 7.92. The molecule has 0 radical (unpaired) electrons. The van der Waals surface area contributed by atoms with Crippen molar-refractivity contribution in [3.8, 4) is 22.8 Å². The van der Waals surface area contributed by atoms with Crippen molar-refractivity contribution < 1.29 is 17.6 Å². The standard InChI is InChI=1S/C18H16F3N3O/c1-2-3-6-15-16(14-8-7-13(11-23-14)18(19,20)21)24-17(25-15)12-5-4-9-22-10-12/h4-5,7-11H,2-3,6H2,1H3. The third-order valence-electron chi connectivity index (χ3n) is 3.70. The normalized spacial score (nSPS) is 11.7. The number of nitrogens with zero attached hydrogens (tertiary/aromatic N) is 3. The van der Waals surface area contributed by atoms with Gasteiger partial charge in [-0.25, -0.2) is 4.98 Å². The first-order valence-corrected chi connectivity index (χ1v) is 7.92. The van der Waals surface area contributed by atoms with Crippen LogP contribution in [0.15, 0.2) is 47.3 Å². The molecule has 3 rings (SSSR count). The SMILES string of the molecule is CCCCc1oc(-c2cccnc2)nc1-c1ccc(C(F)(F)F)cn1. The maximum Gasteiger partial charge on any atom is 0.417 e. The van der Waals surface area contributed by atoms with E-state index in [1.807, 2.05) is 6.07 Å². The van der Waals surface area contributed by atoms with Crippen LogP contribution in [0.25, 0.3) is 22.8 Å². The number of alkyl halides is 3. The number of unbranched alkanes of at least 4 members (excludes halogenated alkanes) is 1. The van der Waals surface area contributed by atoms with Gasteiger partial charge in [-0.05, 0) is 30.7 Å². The smallest absolute Gasteiger partial charge is 0.417 e. The number of rotatable bonds is 5. The van der Waals surface area contributed by atoms with Gasteiger partial charge >= 0.3 is 6.18 Å². The van der Waals surface area contributed by atoms with Crippen molar-refractivity contribution in [2.24, 2.45) is 0 Å². The molecule has 0 bridgehead atoms. The van der Waals surface area contributed by atoms with Gasteiger partial charge in [-0.2, -0.15) is 13.2 Å². The van der Waals surface area contributed by atoms with E-state index >= 15 is 0 Å². The van der Waals surface area contributed by atoms with Gasteiger partial charge in [0.2, 0.25) is 5.89 Å². The maximum absolute atomic E-state index is 12.7. The van der Waals surface area contributed by atoms with E-state index in [0.29, 0.717) is 35.0 Å². The number of aryl methyl sites for hydroxylation is 1. The summed E-state index contributed by atoms with van der Waals surface area (Å²) >= 11 is 0. The molecule has 0 saturated heterocycles. The lowest BCUT2D eigenvalue weighted by Crippen LogP contribution is -2.05. The van der Waals surface area contributed by atoms with E-state index in [4.69, 9.17) is 4.42 Å². The highest BCUT2D eigenvalue weighted by atomic mass is 19.4. The molecule has 0 fully saturated rings. The molecule has 0 saturated carbocycles. The Hall–Kier alpha value is -2.70. The van der Waals surface area contributed by atoms with E-state index in [2.05, 4.69) is 21.9 Å². The fourth-order valence-electron chi connectivity index (χ4n) is 2.37. The van der Waals surface area contributed by atoms with Crippen LogP contribution in [0.2, 0.25) is 0 Å². The molecule has 0 atom stereocenters. The number of hydrogen-bond acceptors (Lipinski definition) is 4. The minimum Gasteiger partial charge on any atom is -0.440 e. The van der Waals surface area contributed by atoms with Gasteiger partial charge in [-0.15, -0.1) is 0 Å². The second kappa shape index (κ2) is 7.04. The lowest BCUT2D eigenvalue weighted by molar-refractivity contribution is -0.137. The minimum absolute atomic E-state index is 0.359. The van der Waals surface area contributed by atoms with Crippen LogP contribution >= 0.6 is 0 Å². The second-order valence-electron chi connectivity index (χ2n) is 5.57. The number of halogens is 3. The molecule has 0 aromatic carbocycles. The Labute approximate surface area is 142 Å². The molecule has 3 aromatic rings. The molecular formula is C18H16F3N3O. The van der Waals surface area contributed by atoms with Crippen LogP contribution in [-0.4, -0.2) is 15.0 Å². The summed E-state index contributed by atoms with van der Waals surface area (Å²) in [6, 6.07) is 5.90. The van der Waals surface area contributed by atoms with Crippen molar-refractivity contribution in [2.45, 2.75) is 32.4 Å². The molecule has 3 aromatic heterocycles. The van der Waals surface area contributed by atoms with Crippen LogP contribution in [0.4, 0.5) is 13.2 Å². The van der Waals surface area contributed by atoms with Crippen LogP contribution in [0.3, 0.4) is 0 Å². The molecule has 0 spiro atoms. The van der Waals surface area contributed by atoms with Gasteiger partial charge in [-0.3, -0.25) is 9.97 Å². The fourth-order valence-corrected chi connectivity index (χ4v) is 2.37. The van der Waals surface area contributed by atoms with Crippen molar-refractivity contribution in [3.05, 3.63) is 54.2 Å². The Bertz CT molecular complexity index is 827. The minimum atomic E-state index is -4.42. The molecule has 0 aliphatic rings. The third kappa shape index (κ3) is 3.87. The number of pyridine rings is 2. The van der Waals surface area contributed by atoms with E-state index in [9.17, 15) is 13.2 Å². The summed E-state index contributed by atoms with van der Waals surface area (Å²) in [5, 5.41) is 0. The van der Waals surface area contributed by atoms with Crippen molar-refractivity contribution in [1.82, 2.24) is 15.0 Å². The fraction of sp³-hybridized carbons (Fsp3) is 0.278. The average molecular weight is 347 g/mol. The predicted octanol–water partition coefficient (Wildman–Crippen LogP) is 5.16. The molecule has 0 aliphatic carbocycles. The van der Waals surface area contributed by atoms with Crippen molar-refractivity contribution in [1.29, 1.82) is 0 Å². The first kappa shape index (κ1) is 17.1. The maximum atomic E-state index is 12.7. The topological polar surface area (TPSA) is 51.8 Å². The number of oxazole rings is 1. The molecule has 0 amide bonds. The molecule has 0 N–H and O–H groups in total. The summed E-state index contributed by atoms with van der Waals surface area (Å²) in [6.07, 6.45) is 2.15. The molecule has 0 unspecified atom stereocenters. The molecule has 25 heavy (non-hydrogen) atoms. The highest BCUT2D eigenvalue weighted by Gasteiger charge is 2.31. The zero-order valence-corrected chi connectivity index (χ0v) is 13.5. The van der Waals surface area contributed by atoms with Crippen LogP contribution in [0.5, 0.6) is 0 Å². The zero-order valence-electron chi connectivity index (χ0n) is 13.5. The summed E-state index contributed by atoms with van der Waals surface area (Å²) in [7, 11) is 0. The summed E-state index contributed by atoms with van der Waals surface area (Å²) in [5.74, 6) is 1.00. The summed E-state index contributed by atoms with van der Waals surface area (Å²) < 4.78 is 44.0. The van der Waals surface area contributed by atoms with Crippen molar-refractivity contribution in [2.75, 3.05) is 0 Å². The molecule has 7 heteroatoms. The van der Waals surface area contributed by atoms with Gasteiger partial charge < -0.3 is 4.42 Å². The Balaban J connectivity index is 2.00. The van der Waals surface area contributed by atoms with Crippen molar-refractivity contribution >= 4 is 0 Å². The largest absolute Gasteiger partial charge is 0.440 e. The Morgan fingerprint density at radius 1 is 1.12 bits per heavy atom. The molecule has 0 aliphatic heterocycles.